The Morgan fingerprint density at radius 2 is 1.58 bits per heavy atom. The molecule has 2 heterocycles. The summed E-state index contributed by atoms with van der Waals surface area (Å²) in [6.07, 6.45) is 14.0. The van der Waals surface area contributed by atoms with E-state index in [-0.39, 0.29) is 0 Å². The standard InChI is InChI=1S/C25H22N4.C7H10/c1-3-25(21-10-6-4-7-11-21,22-12-8-5-9-13-22)29-18-23(19(2)28-29)24-15-14-20(16-26)17-27-24;1-3-5-7-6-4-2/h4-15,17-18H,3H2,1-2H3;3-7H,1H2,2H3/b;6-4-,7-5-. The van der Waals surface area contributed by atoms with E-state index in [1.807, 2.05) is 56.4 Å². The SMILES string of the molecule is C=C/C=C\C=C/C.CCC(c1ccccc1)(c1ccccc1)n1cc(-c2ccc(C#N)cn2)c(C)n1. The summed E-state index contributed by atoms with van der Waals surface area (Å²) in [5.74, 6) is 0. The molecule has 4 aromatic rings. The van der Waals surface area contributed by atoms with Gasteiger partial charge in [-0.1, -0.05) is 105 Å². The molecular weight excluding hydrogens is 440 g/mol. The summed E-state index contributed by atoms with van der Waals surface area (Å²) in [4.78, 5) is 4.47. The molecule has 0 radical (unpaired) electrons. The first kappa shape index (κ1) is 26.1. The van der Waals surface area contributed by atoms with Gasteiger partial charge < -0.3 is 0 Å². The Morgan fingerprint density at radius 1 is 0.944 bits per heavy atom. The summed E-state index contributed by atoms with van der Waals surface area (Å²) in [7, 11) is 0. The maximum atomic E-state index is 9.04. The summed E-state index contributed by atoms with van der Waals surface area (Å²) in [6, 6.07) is 26.8. The van der Waals surface area contributed by atoms with Crippen LogP contribution in [0.15, 0.2) is 122 Å². The van der Waals surface area contributed by atoms with Crippen molar-refractivity contribution >= 4 is 0 Å². The van der Waals surface area contributed by atoms with Gasteiger partial charge in [0.15, 0.2) is 0 Å². The number of aryl methyl sites for hydroxylation is 1. The lowest BCUT2D eigenvalue weighted by Crippen LogP contribution is -2.36. The van der Waals surface area contributed by atoms with Gasteiger partial charge in [0.1, 0.15) is 11.6 Å². The van der Waals surface area contributed by atoms with Gasteiger partial charge in [-0.25, -0.2) is 0 Å². The molecule has 0 saturated heterocycles. The van der Waals surface area contributed by atoms with Crippen molar-refractivity contribution in [1.29, 1.82) is 5.26 Å². The van der Waals surface area contributed by atoms with Gasteiger partial charge in [-0.3, -0.25) is 9.67 Å². The molecule has 0 aliphatic rings. The number of aromatic nitrogens is 3. The van der Waals surface area contributed by atoms with E-state index in [1.54, 1.807) is 18.3 Å². The Morgan fingerprint density at radius 3 is 2.06 bits per heavy atom. The average molecular weight is 473 g/mol. The number of allylic oxidation sites excluding steroid dienone is 5. The molecule has 0 unspecified atom stereocenters. The second-order valence-corrected chi connectivity index (χ2v) is 8.21. The maximum absolute atomic E-state index is 9.04. The van der Waals surface area contributed by atoms with E-state index in [4.69, 9.17) is 10.4 Å². The highest BCUT2D eigenvalue weighted by atomic mass is 15.3. The van der Waals surface area contributed by atoms with Crippen molar-refractivity contribution in [2.45, 2.75) is 32.7 Å². The Bertz CT molecular complexity index is 1300. The highest BCUT2D eigenvalue weighted by Crippen LogP contribution is 2.38. The van der Waals surface area contributed by atoms with Crippen molar-refractivity contribution < 1.29 is 0 Å². The van der Waals surface area contributed by atoms with Crippen molar-refractivity contribution in [2.24, 2.45) is 0 Å². The molecule has 4 rings (SSSR count). The van der Waals surface area contributed by atoms with Crippen LogP contribution in [-0.4, -0.2) is 14.8 Å². The Kier molecular flexibility index (Phi) is 9.31. The molecule has 36 heavy (non-hydrogen) atoms. The molecule has 180 valence electrons. The van der Waals surface area contributed by atoms with E-state index >= 15 is 0 Å². The van der Waals surface area contributed by atoms with E-state index in [0.29, 0.717) is 5.56 Å². The number of benzene rings is 2. The monoisotopic (exact) mass is 472 g/mol. The van der Waals surface area contributed by atoms with E-state index < -0.39 is 5.54 Å². The van der Waals surface area contributed by atoms with Crippen molar-refractivity contribution in [2.75, 3.05) is 0 Å². The molecule has 0 amide bonds. The summed E-state index contributed by atoms with van der Waals surface area (Å²) in [5.41, 5.74) is 5.21. The van der Waals surface area contributed by atoms with Gasteiger partial charge in [0, 0.05) is 18.0 Å². The second kappa shape index (κ2) is 12.8. The van der Waals surface area contributed by atoms with E-state index in [2.05, 4.69) is 84.0 Å². The van der Waals surface area contributed by atoms with Crippen LogP contribution >= 0.6 is 0 Å². The third kappa shape index (κ3) is 5.76. The van der Waals surface area contributed by atoms with Crippen LogP contribution in [0.3, 0.4) is 0 Å². The second-order valence-electron chi connectivity index (χ2n) is 8.21. The minimum atomic E-state index is -0.419. The summed E-state index contributed by atoms with van der Waals surface area (Å²) < 4.78 is 2.07. The maximum Gasteiger partial charge on any atom is 0.112 e. The quantitative estimate of drug-likeness (QED) is 0.260. The molecule has 0 fully saturated rings. The van der Waals surface area contributed by atoms with Crippen LogP contribution in [0.5, 0.6) is 0 Å². The first-order valence-corrected chi connectivity index (χ1v) is 12.0. The predicted molar refractivity (Wildman–Crippen MR) is 148 cm³/mol. The fraction of sp³-hybridized carbons (Fsp3) is 0.156. The van der Waals surface area contributed by atoms with E-state index in [9.17, 15) is 0 Å². The molecule has 0 saturated carbocycles. The topological polar surface area (TPSA) is 54.5 Å². The zero-order chi connectivity index (χ0) is 25.8. The fourth-order valence-corrected chi connectivity index (χ4v) is 4.21. The number of rotatable bonds is 7. The van der Waals surface area contributed by atoms with Crippen molar-refractivity contribution in [3.8, 4) is 17.3 Å². The molecule has 0 aliphatic heterocycles. The van der Waals surface area contributed by atoms with Crippen molar-refractivity contribution in [1.82, 2.24) is 14.8 Å². The molecule has 2 aromatic heterocycles. The average Bonchev–Trinajstić information content (AvgIpc) is 3.33. The molecular formula is C32H32N4. The number of pyridine rings is 1. The van der Waals surface area contributed by atoms with Crippen molar-refractivity contribution in [3.05, 3.63) is 145 Å². The highest BCUT2D eigenvalue weighted by Gasteiger charge is 2.36. The molecule has 0 bridgehead atoms. The molecule has 0 spiro atoms. The predicted octanol–water partition coefficient (Wildman–Crippen LogP) is 7.63. The molecule has 4 heteroatoms. The Labute approximate surface area is 214 Å². The zero-order valence-corrected chi connectivity index (χ0v) is 21.2. The van der Waals surface area contributed by atoms with Crippen molar-refractivity contribution in [3.63, 3.8) is 0 Å². The normalized spacial score (nSPS) is 11.2. The first-order valence-electron chi connectivity index (χ1n) is 12.0. The number of nitriles is 1. The lowest BCUT2D eigenvalue weighted by molar-refractivity contribution is 0.373. The van der Waals surface area contributed by atoms with Gasteiger partial charge in [-0.05, 0) is 43.5 Å². The van der Waals surface area contributed by atoms with Gasteiger partial charge in [-0.2, -0.15) is 10.4 Å². The summed E-state index contributed by atoms with van der Waals surface area (Å²) in [6.45, 7) is 9.68. The number of hydrogen-bond acceptors (Lipinski definition) is 3. The van der Waals surface area contributed by atoms with E-state index in [0.717, 1.165) is 23.4 Å². The first-order chi connectivity index (χ1) is 17.6. The third-order valence-electron chi connectivity index (χ3n) is 6.02. The molecule has 0 aliphatic carbocycles. The van der Waals surface area contributed by atoms with Crippen LogP contribution in [0.1, 0.15) is 42.7 Å². The van der Waals surface area contributed by atoms with Gasteiger partial charge in [0.05, 0.1) is 17.0 Å². The van der Waals surface area contributed by atoms with Crippen LogP contribution in [0.25, 0.3) is 11.3 Å². The minimum Gasteiger partial charge on any atom is -0.257 e. The molecule has 4 nitrogen and oxygen atoms in total. The minimum absolute atomic E-state index is 0.419. The summed E-state index contributed by atoms with van der Waals surface area (Å²) >= 11 is 0. The molecule has 2 aromatic carbocycles. The smallest absolute Gasteiger partial charge is 0.112 e. The van der Waals surface area contributed by atoms with Gasteiger partial charge in [-0.15, -0.1) is 0 Å². The van der Waals surface area contributed by atoms with Crippen LogP contribution in [-0.2, 0) is 5.54 Å². The third-order valence-corrected chi connectivity index (χ3v) is 6.02. The van der Waals surface area contributed by atoms with Gasteiger partial charge >= 0.3 is 0 Å². The largest absolute Gasteiger partial charge is 0.257 e. The fourth-order valence-electron chi connectivity index (χ4n) is 4.21. The van der Waals surface area contributed by atoms with Crippen LogP contribution in [0, 0.1) is 18.3 Å². The number of hydrogen-bond donors (Lipinski definition) is 0. The lowest BCUT2D eigenvalue weighted by Gasteiger charge is -2.34. The Balaban J connectivity index is 0.000000454. The molecule has 0 N–H and O–H groups in total. The molecule has 0 atom stereocenters. The van der Waals surface area contributed by atoms with Crippen LogP contribution in [0.4, 0.5) is 0 Å². The van der Waals surface area contributed by atoms with Crippen LogP contribution in [0.2, 0.25) is 0 Å². The van der Waals surface area contributed by atoms with Crippen LogP contribution < -0.4 is 0 Å². The Hall–Kier alpha value is -4.49. The van der Waals surface area contributed by atoms with Gasteiger partial charge in [0.25, 0.3) is 0 Å². The van der Waals surface area contributed by atoms with E-state index in [1.165, 1.54) is 11.1 Å². The lowest BCUT2D eigenvalue weighted by atomic mass is 9.80. The highest BCUT2D eigenvalue weighted by molar-refractivity contribution is 5.62. The number of nitrogens with zero attached hydrogens (tertiary/aromatic N) is 4. The zero-order valence-electron chi connectivity index (χ0n) is 21.2. The summed E-state index contributed by atoms with van der Waals surface area (Å²) in [5, 5.41) is 14.0. The van der Waals surface area contributed by atoms with Gasteiger partial charge in [0.2, 0.25) is 0 Å².